The van der Waals surface area contributed by atoms with Crippen LogP contribution in [0.5, 0.6) is 11.5 Å². The highest BCUT2D eigenvalue weighted by Crippen LogP contribution is 2.31. The van der Waals surface area contributed by atoms with Gasteiger partial charge in [0, 0.05) is 5.56 Å². The third kappa shape index (κ3) is 2.75. The van der Waals surface area contributed by atoms with E-state index in [-0.39, 0.29) is 6.04 Å². The average molecular weight is 276 g/mol. The highest BCUT2D eigenvalue weighted by molar-refractivity contribution is 5.60. The number of hydrogen-bond acceptors (Lipinski definition) is 5. The van der Waals surface area contributed by atoms with Crippen molar-refractivity contribution in [3.05, 3.63) is 24.0 Å². The maximum absolute atomic E-state index is 6.05. The van der Waals surface area contributed by atoms with Crippen LogP contribution in [-0.2, 0) is 0 Å². The molecule has 1 aromatic heterocycles. The van der Waals surface area contributed by atoms with E-state index in [1.807, 2.05) is 32.0 Å². The monoisotopic (exact) mass is 276 g/mol. The molecule has 2 rings (SSSR count). The van der Waals surface area contributed by atoms with Crippen molar-refractivity contribution in [1.29, 1.82) is 0 Å². The summed E-state index contributed by atoms with van der Waals surface area (Å²) in [5.74, 6) is 2.89. The Hall–Kier alpha value is -2.08. The Labute approximate surface area is 118 Å². The smallest absolute Gasteiger partial charge is 0.181 e. The van der Waals surface area contributed by atoms with E-state index in [1.54, 1.807) is 14.2 Å². The van der Waals surface area contributed by atoms with Crippen molar-refractivity contribution in [2.45, 2.75) is 19.9 Å². The van der Waals surface area contributed by atoms with Crippen LogP contribution in [0, 0.1) is 5.92 Å². The lowest BCUT2D eigenvalue weighted by molar-refractivity contribution is 0.355. The van der Waals surface area contributed by atoms with Crippen molar-refractivity contribution < 1.29 is 9.47 Å². The van der Waals surface area contributed by atoms with Gasteiger partial charge < -0.3 is 15.2 Å². The Balaban J connectivity index is 2.33. The molecule has 0 aliphatic heterocycles. The number of nitrogens with one attached hydrogen (secondary N) is 1. The third-order valence-electron chi connectivity index (χ3n) is 3.18. The number of rotatable bonds is 5. The van der Waals surface area contributed by atoms with Gasteiger partial charge in [-0.2, -0.15) is 5.10 Å². The molecular formula is C14H20N4O2. The van der Waals surface area contributed by atoms with Gasteiger partial charge in [-0.25, -0.2) is 4.98 Å². The molecule has 0 radical (unpaired) electrons. The van der Waals surface area contributed by atoms with E-state index in [9.17, 15) is 0 Å². The molecule has 0 aliphatic carbocycles. The van der Waals surface area contributed by atoms with E-state index in [0.29, 0.717) is 29.1 Å². The number of hydrogen-bond donors (Lipinski definition) is 2. The van der Waals surface area contributed by atoms with Crippen molar-refractivity contribution in [2.75, 3.05) is 14.2 Å². The zero-order valence-corrected chi connectivity index (χ0v) is 12.2. The standard InChI is InChI=1S/C14H20N4O2/c1-8(2)12(15)14-16-13(17-18-14)9-5-6-10(19-3)11(7-9)20-4/h5-8,12H,15H2,1-4H3,(H,16,17,18)/t12-/m1/s1. The first-order valence-corrected chi connectivity index (χ1v) is 6.47. The summed E-state index contributed by atoms with van der Waals surface area (Å²) in [4.78, 5) is 4.44. The lowest BCUT2D eigenvalue weighted by Gasteiger charge is -2.11. The molecule has 0 unspecified atom stereocenters. The van der Waals surface area contributed by atoms with Gasteiger partial charge >= 0.3 is 0 Å². The van der Waals surface area contributed by atoms with Gasteiger partial charge in [-0.05, 0) is 24.1 Å². The molecule has 1 aromatic carbocycles. The zero-order valence-electron chi connectivity index (χ0n) is 12.2. The van der Waals surface area contributed by atoms with Gasteiger partial charge in [0.15, 0.2) is 17.3 Å². The fourth-order valence-corrected chi connectivity index (χ4v) is 1.84. The van der Waals surface area contributed by atoms with Crippen molar-refractivity contribution in [3.63, 3.8) is 0 Å². The van der Waals surface area contributed by atoms with Gasteiger partial charge in [0.2, 0.25) is 0 Å². The maximum Gasteiger partial charge on any atom is 0.181 e. The van der Waals surface area contributed by atoms with Crippen LogP contribution in [0.1, 0.15) is 25.7 Å². The molecule has 3 N–H and O–H groups in total. The second kappa shape index (κ2) is 5.92. The van der Waals surface area contributed by atoms with Gasteiger partial charge in [0.25, 0.3) is 0 Å². The lowest BCUT2D eigenvalue weighted by atomic mass is 10.1. The number of methoxy groups -OCH3 is 2. The SMILES string of the molecule is COc1ccc(-c2n[nH]c([C@H](N)C(C)C)n2)cc1OC. The molecule has 0 aliphatic rings. The average Bonchev–Trinajstić information content (AvgIpc) is 2.95. The van der Waals surface area contributed by atoms with Crippen LogP contribution in [0.4, 0.5) is 0 Å². The van der Waals surface area contributed by atoms with Gasteiger partial charge in [0.05, 0.1) is 20.3 Å². The van der Waals surface area contributed by atoms with E-state index in [0.717, 1.165) is 5.56 Å². The zero-order chi connectivity index (χ0) is 14.7. The van der Waals surface area contributed by atoms with Crippen LogP contribution in [0.15, 0.2) is 18.2 Å². The topological polar surface area (TPSA) is 86.0 Å². The molecular weight excluding hydrogens is 256 g/mol. The summed E-state index contributed by atoms with van der Waals surface area (Å²) in [5.41, 5.74) is 6.90. The Morgan fingerprint density at radius 2 is 1.85 bits per heavy atom. The van der Waals surface area contributed by atoms with Gasteiger partial charge in [-0.1, -0.05) is 13.8 Å². The maximum atomic E-state index is 6.05. The Morgan fingerprint density at radius 3 is 2.45 bits per heavy atom. The summed E-state index contributed by atoms with van der Waals surface area (Å²) in [6.45, 7) is 4.09. The number of H-pyrrole nitrogens is 1. The number of ether oxygens (including phenoxy) is 2. The van der Waals surface area contributed by atoms with Crippen LogP contribution < -0.4 is 15.2 Å². The first-order valence-electron chi connectivity index (χ1n) is 6.47. The van der Waals surface area contributed by atoms with E-state index in [4.69, 9.17) is 15.2 Å². The molecule has 20 heavy (non-hydrogen) atoms. The number of nitrogens with zero attached hydrogens (tertiary/aromatic N) is 2. The molecule has 0 saturated heterocycles. The number of benzene rings is 1. The van der Waals surface area contributed by atoms with Crippen molar-refractivity contribution >= 4 is 0 Å². The minimum absolute atomic E-state index is 0.156. The number of aromatic nitrogens is 3. The van der Waals surface area contributed by atoms with Crippen LogP contribution in [0.2, 0.25) is 0 Å². The second-order valence-electron chi connectivity index (χ2n) is 4.88. The summed E-state index contributed by atoms with van der Waals surface area (Å²) in [6, 6.07) is 5.39. The first kappa shape index (κ1) is 14.3. The van der Waals surface area contributed by atoms with Crippen molar-refractivity contribution in [2.24, 2.45) is 11.7 Å². The molecule has 108 valence electrons. The van der Waals surface area contributed by atoms with E-state index in [2.05, 4.69) is 15.2 Å². The molecule has 2 aromatic rings. The summed E-state index contributed by atoms with van der Waals surface area (Å²) < 4.78 is 10.5. The Kier molecular flexibility index (Phi) is 4.24. The summed E-state index contributed by atoms with van der Waals surface area (Å²) in [6.07, 6.45) is 0. The van der Waals surface area contributed by atoms with E-state index in [1.165, 1.54) is 0 Å². The number of aromatic amines is 1. The normalized spacial score (nSPS) is 12.5. The fourth-order valence-electron chi connectivity index (χ4n) is 1.84. The summed E-state index contributed by atoms with van der Waals surface area (Å²) in [7, 11) is 3.20. The summed E-state index contributed by atoms with van der Waals surface area (Å²) >= 11 is 0. The lowest BCUT2D eigenvalue weighted by Crippen LogP contribution is -2.18. The predicted molar refractivity (Wildman–Crippen MR) is 76.7 cm³/mol. The summed E-state index contributed by atoms with van der Waals surface area (Å²) in [5, 5.41) is 7.10. The van der Waals surface area contributed by atoms with Crippen LogP contribution in [-0.4, -0.2) is 29.4 Å². The highest BCUT2D eigenvalue weighted by Gasteiger charge is 2.16. The molecule has 1 atom stereocenters. The van der Waals surface area contributed by atoms with Crippen LogP contribution in [0.25, 0.3) is 11.4 Å². The quantitative estimate of drug-likeness (QED) is 0.873. The molecule has 6 heteroatoms. The van der Waals surface area contributed by atoms with Gasteiger partial charge in [0.1, 0.15) is 5.82 Å². The molecule has 1 heterocycles. The second-order valence-corrected chi connectivity index (χ2v) is 4.88. The molecule has 0 fully saturated rings. The van der Waals surface area contributed by atoms with Crippen LogP contribution in [0.3, 0.4) is 0 Å². The Morgan fingerprint density at radius 1 is 1.15 bits per heavy atom. The fraction of sp³-hybridized carbons (Fsp3) is 0.429. The molecule has 6 nitrogen and oxygen atoms in total. The minimum atomic E-state index is -0.156. The predicted octanol–water partition coefficient (Wildman–Crippen LogP) is 2.14. The highest BCUT2D eigenvalue weighted by atomic mass is 16.5. The van der Waals surface area contributed by atoms with E-state index >= 15 is 0 Å². The minimum Gasteiger partial charge on any atom is -0.493 e. The van der Waals surface area contributed by atoms with E-state index < -0.39 is 0 Å². The molecule has 0 spiro atoms. The third-order valence-corrected chi connectivity index (χ3v) is 3.18. The first-order chi connectivity index (χ1) is 9.56. The van der Waals surface area contributed by atoms with Gasteiger partial charge in [-0.3, -0.25) is 5.10 Å². The number of nitrogens with two attached hydrogens (primary N) is 1. The van der Waals surface area contributed by atoms with Crippen LogP contribution >= 0.6 is 0 Å². The molecule has 0 bridgehead atoms. The van der Waals surface area contributed by atoms with Crippen molar-refractivity contribution in [1.82, 2.24) is 15.2 Å². The molecule has 0 saturated carbocycles. The van der Waals surface area contributed by atoms with Crippen molar-refractivity contribution in [3.8, 4) is 22.9 Å². The Bertz CT molecular complexity index is 580. The van der Waals surface area contributed by atoms with Gasteiger partial charge in [-0.15, -0.1) is 0 Å². The largest absolute Gasteiger partial charge is 0.493 e. The molecule has 0 amide bonds.